The minimum atomic E-state index is -0.967. The van der Waals surface area contributed by atoms with Crippen molar-refractivity contribution in [1.82, 2.24) is 4.90 Å². The summed E-state index contributed by atoms with van der Waals surface area (Å²) >= 11 is 0. The predicted octanol–water partition coefficient (Wildman–Crippen LogP) is 2.61. The maximum Gasteiger partial charge on any atom is 0.314 e. The van der Waals surface area contributed by atoms with Crippen LogP contribution in [0.4, 0.5) is 5.69 Å². The molecule has 0 radical (unpaired) electrons. The standard InChI is InChI=1S/C23H24N2O4/c26-20-11-10-17-6-4-5-9-19(17)25(20)16-21(27)24-14-12-23(13-15-24,22(28)29)18-7-2-1-3-8-18/h1-9H,10-16H2,(H,28,29). The minimum absolute atomic E-state index is 0.00125. The lowest BCUT2D eigenvalue weighted by Crippen LogP contribution is -2.52. The van der Waals surface area contributed by atoms with Crippen LogP contribution in [0.2, 0.25) is 0 Å². The van der Waals surface area contributed by atoms with Gasteiger partial charge in [-0.3, -0.25) is 14.4 Å². The molecule has 0 unspecified atom stereocenters. The van der Waals surface area contributed by atoms with Crippen LogP contribution in [-0.2, 0) is 26.2 Å². The number of carbonyl (C=O) groups is 3. The Morgan fingerprint density at radius 3 is 2.28 bits per heavy atom. The molecule has 1 fully saturated rings. The molecule has 2 aliphatic heterocycles. The Labute approximate surface area is 169 Å². The summed E-state index contributed by atoms with van der Waals surface area (Å²) in [5, 5.41) is 9.92. The van der Waals surface area contributed by atoms with Crippen LogP contribution in [0, 0.1) is 0 Å². The predicted molar refractivity (Wildman–Crippen MR) is 109 cm³/mol. The summed E-state index contributed by atoms with van der Waals surface area (Å²) in [5.41, 5.74) is 1.69. The maximum atomic E-state index is 12.9. The number of benzene rings is 2. The molecule has 0 saturated carbocycles. The first-order valence-corrected chi connectivity index (χ1v) is 9.96. The van der Waals surface area contributed by atoms with Crippen LogP contribution < -0.4 is 4.90 Å². The van der Waals surface area contributed by atoms with Crippen molar-refractivity contribution in [3.8, 4) is 0 Å². The second-order valence-electron chi connectivity index (χ2n) is 7.74. The number of carboxylic acid groups (broad SMARTS) is 1. The van der Waals surface area contributed by atoms with Gasteiger partial charge in [-0.15, -0.1) is 0 Å². The number of anilines is 1. The Hall–Kier alpha value is -3.15. The van der Waals surface area contributed by atoms with Gasteiger partial charge in [0.25, 0.3) is 0 Å². The maximum absolute atomic E-state index is 12.9. The average molecular weight is 392 g/mol. The molecule has 2 aromatic rings. The molecular formula is C23H24N2O4. The van der Waals surface area contributed by atoms with Crippen LogP contribution in [-0.4, -0.2) is 47.4 Å². The fraction of sp³-hybridized carbons (Fsp3) is 0.348. The number of aliphatic carboxylic acids is 1. The number of hydrogen-bond acceptors (Lipinski definition) is 3. The Morgan fingerprint density at radius 2 is 1.59 bits per heavy atom. The smallest absolute Gasteiger partial charge is 0.314 e. The molecule has 1 saturated heterocycles. The van der Waals surface area contributed by atoms with E-state index in [1.807, 2.05) is 54.6 Å². The quantitative estimate of drug-likeness (QED) is 0.868. The van der Waals surface area contributed by atoms with E-state index in [9.17, 15) is 19.5 Å². The zero-order valence-electron chi connectivity index (χ0n) is 16.2. The van der Waals surface area contributed by atoms with Crippen LogP contribution in [0.5, 0.6) is 0 Å². The molecule has 2 aromatic carbocycles. The Bertz CT molecular complexity index is 933. The highest BCUT2D eigenvalue weighted by Gasteiger charge is 2.44. The zero-order chi connectivity index (χ0) is 20.4. The largest absolute Gasteiger partial charge is 0.481 e. The van der Waals surface area contributed by atoms with Gasteiger partial charge in [-0.1, -0.05) is 48.5 Å². The van der Waals surface area contributed by atoms with E-state index in [0.717, 1.165) is 16.8 Å². The fourth-order valence-corrected chi connectivity index (χ4v) is 4.43. The van der Waals surface area contributed by atoms with E-state index in [2.05, 4.69) is 0 Å². The van der Waals surface area contributed by atoms with Gasteiger partial charge in [0.1, 0.15) is 6.54 Å². The van der Waals surface area contributed by atoms with E-state index in [1.54, 1.807) is 9.80 Å². The molecule has 0 aliphatic carbocycles. The summed E-state index contributed by atoms with van der Waals surface area (Å²) in [6, 6.07) is 16.9. The number of para-hydroxylation sites is 1. The first kappa shape index (κ1) is 19.2. The van der Waals surface area contributed by atoms with Crippen molar-refractivity contribution < 1.29 is 19.5 Å². The number of nitrogens with zero attached hydrogens (tertiary/aromatic N) is 2. The van der Waals surface area contributed by atoms with Gasteiger partial charge >= 0.3 is 5.97 Å². The van der Waals surface area contributed by atoms with E-state index in [1.165, 1.54) is 0 Å². The lowest BCUT2D eigenvalue weighted by molar-refractivity contribution is -0.148. The summed E-state index contributed by atoms with van der Waals surface area (Å²) < 4.78 is 0. The minimum Gasteiger partial charge on any atom is -0.481 e. The average Bonchev–Trinajstić information content (AvgIpc) is 2.76. The van der Waals surface area contributed by atoms with Crippen molar-refractivity contribution in [2.75, 3.05) is 24.5 Å². The monoisotopic (exact) mass is 392 g/mol. The first-order chi connectivity index (χ1) is 14.0. The van der Waals surface area contributed by atoms with E-state index < -0.39 is 11.4 Å². The third-order valence-electron chi connectivity index (χ3n) is 6.19. The number of piperidine rings is 1. The molecule has 1 N–H and O–H groups in total. The van der Waals surface area contributed by atoms with Crippen molar-refractivity contribution >= 4 is 23.5 Å². The Kier molecular flexibility index (Phi) is 5.09. The topological polar surface area (TPSA) is 77.9 Å². The lowest BCUT2D eigenvalue weighted by atomic mass is 9.73. The number of rotatable bonds is 4. The van der Waals surface area contributed by atoms with Crippen LogP contribution >= 0.6 is 0 Å². The van der Waals surface area contributed by atoms with Crippen molar-refractivity contribution in [2.24, 2.45) is 0 Å². The molecule has 0 bridgehead atoms. The molecule has 0 spiro atoms. The van der Waals surface area contributed by atoms with Crippen molar-refractivity contribution in [3.05, 3.63) is 65.7 Å². The molecular weight excluding hydrogens is 368 g/mol. The molecule has 6 heteroatoms. The van der Waals surface area contributed by atoms with Gasteiger partial charge in [-0.2, -0.15) is 0 Å². The SMILES string of the molecule is O=C(CN1C(=O)CCc2ccccc21)N1CCC(C(=O)O)(c2ccccc2)CC1. The third kappa shape index (κ3) is 3.50. The number of amides is 2. The lowest BCUT2D eigenvalue weighted by Gasteiger charge is -2.40. The van der Waals surface area contributed by atoms with E-state index in [4.69, 9.17) is 0 Å². The number of hydrogen-bond donors (Lipinski definition) is 1. The number of likely N-dealkylation sites (tertiary alicyclic amines) is 1. The summed E-state index contributed by atoms with van der Waals surface area (Å²) in [6.45, 7) is 0.731. The second-order valence-corrected chi connectivity index (χ2v) is 7.74. The number of aryl methyl sites for hydroxylation is 1. The van der Waals surface area contributed by atoms with Crippen LogP contribution in [0.1, 0.15) is 30.4 Å². The molecule has 0 atom stereocenters. The summed E-state index contributed by atoms with van der Waals surface area (Å²) in [7, 11) is 0. The van der Waals surface area contributed by atoms with Gasteiger partial charge in [0, 0.05) is 25.2 Å². The highest BCUT2D eigenvalue weighted by Crippen LogP contribution is 2.36. The van der Waals surface area contributed by atoms with E-state index >= 15 is 0 Å². The number of carbonyl (C=O) groups excluding carboxylic acids is 2. The number of carboxylic acids is 1. The zero-order valence-corrected chi connectivity index (χ0v) is 16.2. The molecule has 2 amide bonds. The van der Waals surface area contributed by atoms with E-state index in [-0.39, 0.29) is 18.4 Å². The molecule has 150 valence electrons. The summed E-state index contributed by atoms with van der Waals surface area (Å²) in [5.74, 6) is -1.03. The van der Waals surface area contributed by atoms with Gasteiger partial charge in [0.15, 0.2) is 0 Å². The van der Waals surface area contributed by atoms with Gasteiger partial charge in [-0.05, 0) is 36.5 Å². The highest BCUT2D eigenvalue weighted by atomic mass is 16.4. The van der Waals surface area contributed by atoms with Gasteiger partial charge in [0.2, 0.25) is 11.8 Å². The van der Waals surface area contributed by atoms with Gasteiger partial charge in [0.05, 0.1) is 5.41 Å². The van der Waals surface area contributed by atoms with Crippen molar-refractivity contribution in [3.63, 3.8) is 0 Å². The molecule has 4 rings (SSSR count). The molecule has 2 aliphatic rings. The van der Waals surface area contributed by atoms with Crippen LogP contribution in [0.15, 0.2) is 54.6 Å². The first-order valence-electron chi connectivity index (χ1n) is 9.96. The van der Waals surface area contributed by atoms with Gasteiger partial charge in [-0.25, -0.2) is 0 Å². The molecule has 29 heavy (non-hydrogen) atoms. The van der Waals surface area contributed by atoms with Gasteiger partial charge < -0.3 is 14.9 Å². The van der Waals surface area contributed by atoms with Crippen molar-refractivity contribution in [2.45, 2.75) is 31.1 Å². The molecule has 2 heterocycles. The number of fused-ring (bicyclic) bond motifs is 1. The molecule has 6 nitrogen and oxygen atoms in total. The van der Waals surface area contributed by atoms with Crippen LogP contribution in [0.25, 0.3) is 0 Å². The van der Waals surface area contributed by atoms with E-state index in [0.29, 0.717) is 38.8 Å². The summed E-state index contributed by atoms with van der Waals surface area (Å²) in [4.78, 5) is 40.7. The Balaban J connectivity index is 1.47. The fourth-order valence-electron chi connectivity index (χ4n) is 4.43. The highest BCUT2D eigenvalue weighted by molar-refractivity contribution is 6.01. The third-order valence-corrected chi connectivity index (χ3v) is 6.19. The second kappa shape index (κ2) is 7.70. The van der Waals surface area contributed by atoms with Crippen LogP contribution in [0.3, 0.4) is 0 Å². The van der Waals surface area contributed by atoms with Crippen molar-refractivity contribution in [1.29, 1.82) is 0 Å². The summed E-state index contributed by atoms with van der Waals surface area (Å²) in [6.07, 6.45) is 1.83. The Morgan fingerprint density at radius 1 is 0.931 bits per heavy atom. The normalized spacial score (nSPS) is 18.3. The molecule has 0 aromatic heterocycles.